The first-order chi connectivity index (χ1) is 12.4. The Morgan fingerprint density at radius 2 is 2.12 bits per heavy atom. The average molecular weight is 358 g/mol. The number of halogens is 1. The number of carboxylic acid groups (broad SMARTS) is 1. The van der Waals surface area contributed by atoms with Gasteiger partial charge in [-0.2, -0.15) is 0 Å². The highest BCUT2D eigenvalue weighted by atomic mass is 19.1. The van der Waals surface area contributed by atoms with Crippen molar-refractivity contribution in [3.8, 4) is 0 Å². The third-order valence-corrected chi connectivity index (χ3v) is 5.82. The molecule has 2 aliphatic carbocycles. The Morgan fingerprint density at radius 3 is 2.77 bits per heavy atom. The van der Waals surface area contributed by atoms with Crippen LogP contribution in [0, 0.1) is 17.7 Å². The maximum absolute atomic E-state index is 14.8. The average Bonchev–Trinajstić information content (AvgIpc) is 3.48. The molecule has 5 rings (SSSR count). The normalized spacial score (nSPS) is 27.5. The Labute approximate surface area is 148 Å². The fraction of sp³-hybridized carbons (Fsp3) is 0.500. The van der Waals surface area contributed by atoms with Gasteiger partial charge in [-0.3, -0.25) is 4.79 Å². The highest BCUT2D eigenvalue weighted by molar-refractivity contribution is 5.92. The van der Waals surface area contributed by atoms with Crippen molar-refractivity contribution in [3.63, 3.8) is 0 Å². The van der Waals surface area contributed by atoms with Crippen LogP contribution in [-0.2, 0) is 0 Å². The lowest BCUT2D eigenvalue weighted by Crippen LogP contribution is -2.45. The molecule has 3 N–H and O–H groups in total. The number of carbonyl (C=O) groups is 1. The predicted octanol–water partition coefficient (Wildman–Crippen LogP) is 1.35. The van der Waals surface area contributed by atoms with Crippen LogP contribution in [0.3, 0.4) is 0 Å². The van der Waals surface area contributed by atoms with Crippen LogP contribution >= 0.6 is 0 Å². The largest absolute Gasteiger partial charge is 0.477 e. The smallest absolute Gasteiger partial charge is 0.341 e. The highest BCUT2D eigenvalue weighted by Gasteiger charge is 2.47. The number of anilines is 1. The van der Waals surface area contributed by atoms with Gasteiger partial charge in [0.05, 0.1) is 5.39 Å². The number of fused-ring (bicyclic) bond motifs is 2. The summed E-state index contributed by atoms with van der Waals surface area (Å²) in [7, 11) is 0. The van der Waals surface area contributed by atoms with Crippen molar-refractivity contribution in [3.05, 3.63) is 33.9 Å². The van der Waals surface area contributed by atoms with Crippen molar-refractivity contribution in [1.29, 1.82) is 0 Å². The maximum atomic E-state index is 14.8. The Balaban J connectivity index is 1.68. The van der Waals surface area contributed by atoms with Crippen LogP contribution in [0.4, 0.5) is 10.2 Å². The van der Waals surface area contributed by atoms with Crippen LogP contribution in [0.5, 0.6) is 0 Å². The van der Waals surface area contributed by atoms with E-state index in [9.17, 15) is 19.1 Å². The lowest BCUT2D eigenvalue weighted by molar-refractivity contribution is 0.0695. The zero-order valence-corrected chi connectivity index (χ0v) is 14.1. The summed E-state index contributed by atoms with van der Waals surface area (Å²) in [6.45, 7) is 1.26. The molecule has 26 heavy (non-hydrogen) atoms. The summed E-state index contributed by atoms with van der Waals surface area (Å²) < 4.78 is 16.5. The second kappa shape index (κ2) is 5.26. The lowest BCUT2D eigenvalue weighted by Gasteiger charge is -2.31. The molecule has 3 heterocycles. The number of nitrogens with zero attached hydrogens (tertiary/aromatic N) is 3. The number of aromatic carboxylic acids is 1. The summed E-state index contributed by atoms with van der Waals surface area (Å²) in [6, 6.07) is 1.25. The van der Waals surface area contributed by atoms with E-state index in [0.29, 0.717) is 30.6 Å². The van der Waals surface area contributed by atoms with Gasteiger partial charge in [-0.05, 0) is 37.2 Å². The van der Waals surface area contributed by atoms with E-state index >= 15 is 0 Å². The van der Waals surface area contributed by atoms with Crippen molar-refractivity contribution in [1.82, 2.24) is 9.55 Å². The van der Waals surface area contributed by atoms with E-state index < -0.39 is 17.2 Å². The number of pyridine rings is 2. The first-order valence-electron chi connectivity index (χ1n) is 8.93. The molecule has 0 amide bonds. The molecule has 7 nitrogen and oxygen atoms in total. The summed E-state index contributed by atoms with van der Waals surface area (Å²) in [4.78, 5) is 30.2. The molecule has 136 valence electrons. The fourth-order valence-electron chi connectivity index (χ4n) is 4.17. The van der Waals surface area contributed by atoms with Gasteiger partial charge in [-0.25, -0.2) is 14.2 Å². The fourth-order valence-corrected chi connectivity index (χ4v) is 4.17. The van der Waals surface area contributed by atoms with Gasteiger partial charge in [0.15, 0.2) is 11.6 Å². The molecular weight excluding hydrogens is 339 g/mol. The van der Waals surface area contributed by atoms with Crippen LogP contribution in [0.1, 0.15) is 35.7 Å². The van der Waals surface area contributed by atoms with Gasteiger partial charge in [-0.15, -0.1) is 0 Å². The number of piperidine rings is 1. The first-order valence-corrected chi connectivity index (χ1v) is 8.93. The van der Waals surface area contributed by atoms with Gasteiger partial charge in [0.2, 0.25) is 5.43 Å². The maximum Gasteiger partial charge on any atom is 0.341 e. The number of carboxylic acids is 1. The highest BCUT2D eigenvalue weighted by Crippen LogP contribution is 2.45. The van der Waals surface area contributed by atoms with E-state index in [1.54, 1.807) is 4.57 Å². The standard InChI is InChI=1S/C18H19FN4O3/c19-13-4-11-15(24)12(18(25)26)6-23(9-1-2-9)16(11)21-17(13)22-5-8-3-10(8)14(20)7-22/h4,6,8-10,14H,1-3,5,7,20H2,(H,25,26)/t8-,10-,14-/m0/s1. The SMILES string of the molecule is N[C@H]1CN(c2nc3c(cc2F)c(=O)c(C(=O)O)cn3C2CC2)C[C@@H]2C[C@@H]21. The zero-order valence-electron chi connectivity index (χ0n) is 14.1. The van der Waals surface area contributed by atoms with Gasteiger partial charge >= 0.3 is 5.97 Å². The van der Waals surface area contributed by atoms with Crippen molar-refractivity contribution < 1.29 is 14.3 Å². The molecule has 0 spiro atoms. The molecule has 1 saturated heterocycles. The van der Waals surface area contributed by atoms with Gasteiger partial charge in [0.1, 0.15) is 11.2 Å². The van der Waals surface area contributed by atoms with Crippen molar-refractivity contribution in [2.45, 2.75) is 31.3 Å². The third-order valence-electron chi connectivity index (χ3n) is 5.82. The predicted molar refractivity (Wildman–Crippen MR) is 93.0 cm³/mol. The van der Waals surface area contributed by atoms with E-state index in [0.717, 1.165) is 25.3 Å². The lowest BCUT2D eigenvalue weighted by atomic mass is 10.1. The molecule has 0 radical (unpaired) electrons. The van der Waals surface area contributed by atoms with Gasteiger partial charge in [0.25, 0.3) is 0 Å². The number of hydrogen-bond acceptors (Lipinski definition) is 5. The zero-order chi connectivity index (χ0) is 18.2. The molecule has 1 aliphatic heterocycles. The summed E-state index contributed by atoms with van der Waals surface area (Å²) in [6.07, 6.45) is 4.20. The summed E-state index contributed by atoms with van der Waals surface area (Å²) in [5.74, 6) is -0.702. The second-order valence-corrected chi connectivity index (χ2v) is 7.71. The monoisotopic (exact) mass is 358 g/mol. The number of hydrogen-bond donors (Lipinski definition) is 2. The molecule has 2 aromatic heterocycles. The molecule has 2 saturated carbocycles. The molecule has 3 fully saturated rings. The van der Waals surface area contributed by atoms with Gasteiger partial charge in [-0.1, -0.05) is 0 Å². The molecule has 8 heteroatoms. The number of nitrogens with two attached hydrogens (primary N) is 1. The molecule has 3 atom stereocenters. The van der Waals surface area contributed by atoms with E-state index in [2.05, 4.69) is 4.98 Å². The minimum atomic E-state index is -1.31. The first kappa shape index (κ1) is 15.7. The van der Waals surface area contributed by atoms with Gasteiger partial charge in [0, 0.05) is 31.4 Å². The summed E-state index contributed by atoms with van der Waals surface area (Å²) in [5.41, 5.74) is 5.47. The van der Waals surface area contributed by atoms with Crippen molar-refractivity contribution in [2.75, 3.05) is 18.0 Å². The van der Waals surface area contributed by atoms with Crippen LogP contribution in [-0.4, -0.2) is 39.8 Å². The molecule has 3 aliphatic rings. The summed E-state index contributed by atoms with van der Waals surface area (Å²) >= 11 is 0. The van der Waals surface area contributed by atoms with E-state index in [1.165, 1.54) is 6.20 Å². The van der Waals surface area contributed by atoms with Crippen LogP contribution in [0.15, 0.2) is 17.1 Å². The molecule has 0 aromatic carbocycles. The minimum Gasteiger partial charge on any atom is -0.477 e. The Bertz CT molecular complexity index is 1000. The Kier molecular flexibility index (Phi) is 3.19. The van der Waals surface area contributed by atoms with Crippen molar-refractivity contribution >= 4 is 22.8 Å². The Morgan fingerprint density at radius 1 is 1.35 bits per heavy atom. The number of rotatable bonds is 3. The molecular formula is C18H19FN4O3. The summed E-state index contributed by atoms with van der Waals surface area (Å²) in [5, 5.41) is 9.31. The minimum absolute atomic E-state index is 0.00524. The van der Waals surface area contributed by atoms with Crippen molar-refractivity contribution in [2.24, 2.45) is 17.6 Å². The van der Waals surface area contributed by atoms with Crippen LogP contribution < -0.4 is 16.1 Å². The van der Waals surface area contributed by atoms with Crippen LogP contribution in [0.2, 0.25) is 0 Å². The van der Waals surface area contributed by atoms with Crippen LogP contribution in [0.25, 0.3) is 11.0 Å². The second-order valence-electron chi connectivity index (χ2n) is 7.71. The molecule has 2 aromatic rings. The van der Waals surface area contributed by atoms with E-state index in [-0.39, 0.29) is 28.9 Å². The van der Waals surface area contributed by atoms with Gasteiger partial charge < -0.3 is 20.3 Å². The number of aromatic nitrogens is 2. The topological polar surface area (TPSA) is 101 Å². The molecule has 0 bridgehead atoms. The Hall–Kier alpha value is -2.48. The third kappa shape index (κ3) is 2.32. The van der Waals surface area contributed by atoms with E-state index in [1.807, 2.05) is 4.90 Å². The quantitative estimate of drug-likeness (QED) is 0.859. The van der Waals surface area contributed by atoms with E-state index in [4.69, 9.17) is 5.73 Å². The molecule has 0 unspecified atom stereocenters.